The molecule has 0 fully saturated rings. The van der Waals surface area contributed by atoms with Crippen LogP contribution in [0.3, 0.4) is 0 Å². The van der Waals surface area contributed by atoms with Gasteiger partial charge in [-0.15, -0.1) is 11.1 Å². The van der Waals surface area contributed by atoms with Crippen molar-refractivity contribution in [1.82, 2.24) is 5.32 Å². The number of aliphatic hydroxyl groups is 1. The normalized spacial score (nSPS) is 10.4. The van der Waals surface area contributed by atoms with Gasteiger partial charge in [0.15, 0.2) is 0 Å². The van der Waals surface area contributed by atoms with Gasteiger partial charge < -0.3 is 40.8 Å². The summed E-state index contributed by atoms with van der Waals surface area (Å²) in [5.74, 6) is 0. The third-order valence-corrected chi connectivity index (χ3v) is 3.57. The van der Waals surface area contributed by atoms with Crippen molar-refractivity contribution >= 4 is 0 Å². The zero-order valence-corrected chi connectivity index (χ0v) is 17.8. The quantitative estimate of drug-likeness (QED) is 0.351. The largest absolute Gasteiger partial charge is 0.999 e. The molecule has 0 aliphatic heterocycles. The van der Waals surface area contributed by atoms with Gasteiger partial charge in [0.2, 0.25) is 0 Å². The van der Waals surface area contributed by atoms with Crippen molar-refractivity contribution in [3.63, 3.8) is 0 Å². The number of nitrogens with one attached hydrogen (secondary N) is 1. The molecule has 0 radical (unpaired) electrons. The van der Waals surface area contributed by atoms with Gasteiger partial charge in [-0.1, -0.05) is 0 Å². The number of hydrogen-bond acceptors (Lipinski definition) is 2. The van der Waals surface area contributed by atoms with Crippen LogP contribution in [0.1, 0.15) is 24.1 Å². The Bertz CT molecular complexity index is 632. The van der Waals surface area contributed by atoms with E-state index in [0.29, 0.717) is 6.54 Å². The molecule has 4 rings (SSSR count). The summed E-state index contributed by atoms with van der Waals surface area (Å²) in [5, 5.41) is 12.7. The zero-order valence-electron chi connectivity index (χ0n) is 15.6. The Morgan fingerprint density at radius 2 is 1.32 bits per heavy atom. The summed E-state index contributed by atoms with van der Waals surface area (Å²) in [4.78, 5) is 0. The van der Waals surface area contributed by atoms with Crippen molar-refractivity contribution < 1.29 is 39.2 Å². The molecule has 0 spiro atoms. The van der Waals surface area contributed by atoms with Gasteiger partial charge >= 0.3 is 0 Å². The van der Waals surface area contributed by atoms with E-state index in [9.17, 15) is 5.11 Å². The SMILES string of the molecule is CC(O)CNC([c-]1cccc1)[c-]1cccc1.[Fe].[Fe].[c-]1[c-][c-][cH-][c-]1.c1cc[cH-]c1. The summed E-state index contributed by atoms with van der Waals surface area (Å²) >= 11 is 0. The Balaban J connectivity index is 0.000000500. The minimum atomic E-state index is -0.326. The van der Waals surface area contributed by atoms with E-state index >= 15 is 0 Å². The van der Waals surface area contributed by atoms with Gasteiger partial charge in [-0.3, -0.25) is 0 Å². The molecule has 2 nitrogen and oxygen atoms in total. The van der Waals surface area contributed by atoms with Gasteiger partial charge in [-0.2, -0.15) is 42.5 Å². The van der Waals surface area contributed by atoms with Crippen LogP contribution in [0.2, 0.25) is 0 Å². The Hall–Kier alpha value is -1.64. The zero-order chi connectivity index (χ0) is 18.5. The fourth-order valence-electron chi connectivity index (χ4n) is 2.38. The molecule has 0 aliphatic carbocycles. The first-order valence-corrected chi connectivity index (χ1v) is 8.61. The third kappa shape index (κ3) is 10.6. The molecule has 2 N–H and O–H groups in total. The Labute approximate surface area is 190 Å². The summed E-state index contributed by atoms with van der Waals surface area (Å²) in [6, 6.07) is 38.7. The average molecular weight is 453 g/mol. The van der Waals surface area contributed by atoms with Crippen LogP contribution in [-0.4, -0.2) is 17.8 Å². The van der Waals surface area contributed by atoms with Crippen molar-refractivity contribution in [2.75, 3.05) is 6.54 Å². The smallest absolute Gasteiger partial charge is 0.0636 e. The topological polar surface area (TPSA) is 32.3 Å². The standard InChI is InChI=1S/C14H17NO.C5H5.C5H.2Fe/c1-11(16)10-15-14(12-6-2-3-7-12)13-8-4-5-9-13;2*1-2-4-5-3-1;;/h2-9,11,14-16H,10H2,1H3;1-5H;1H;;/q-2;-1;-5;;. The fraction of sp³-hybridized carbons (Fsp3) is 0.167. The fourth-order valence-corrected chi connectivity index (χ4v) is 2.38. The molecule has 1 unspecified atom stereocenters. The summed E-state index contributed by atoms with van der Waals surface area (Å²) in [6.45, 7) is 2.39. The minimum Gasteiger partial charge on any atom is -0.999 e. The Kier molecular flexibility index (Phi) is 15.4. The molecule has 0 saturated carbocycles. The van der Waals surface area contributed by atoms with Gasteiger partial charge in [0.1, 0.15) is 0 Å². The van der Waals surface area contributed by atoms with Gasteiger partial charge in [0, 0.05) is 40.7 Å². The first kappa shape index (κ1) is 26.4. The second-order valence-corrected chi connectivity index (χ2v) is 5.77. The van der Waals surface area contributed by atoms with Crippen LogP contribution in [0.25, 0.3) is 0 Å². The summed E-state index contributed by atoms with van der Waals surface area (Å²) < 4.78 is 0. The van der Waals surface area contributed by atoms with Crippen molar-refractivity contribution in [2.45, 2.75) is 19.1 Å². The predicted octanol–water partition coefficient (Wildman–Crippen LogP) is 4.19. The molecule has 0 amide bonds. The van der Waals surface area contributed by atoms with Crippen LogP contribution < -0.4 is 5.32 Å². The van der Waals surface area contributed by atoms with Crippen molar-refractivity contribution in [2.24, 2.45) is 0 Å². The van der Waals surface area contributed by atoms with Crippen LogP contribution in [0, 0.1) is 24.3 Å². The second kappa shape index (κ2) is 16.3. The first-order chi connectivity index (χ1) is 12.8. The summed E-state index contributed by atoms with van der Waals surface area (Å²) in [5.41, 5.74) is 2.48. The molecule has 0 bridgehead atoms. The summed E-state index contributed by atoms with van der Waals surface area (Å²) in [6.07, 6.45) is -0.326. The molecule has 0 aliphatic rings. The molecule has 4 heteroatoms. The predicted molar refractivity (Wildman–Crippen MR) is 105 cm³/mol. The Morgan fingerprint density at radius 1 is 0.857 bits per heavy atom. The molecule has 0 saturated heterocycles. The summed E-state index contributed by atoms with van der Waals surface area (Å²) in [7, 11) is 0. The van der Waals surface area contributed by atoms with Crippen LogP contribution in [0.4, 0.5) is 0 Å². The first-order valence-electron chi connectivity index (χ1n) is 8.61. The van der Waals surface area contributed by atoms with Gasteiger partial charge in [0.25, 0.3) is 0 Å². The monoisotopic (exact) mass is 453 g/mol. The van der Waals surface area contributed by atoms with E-state index in [1.165, 1.54) is 11.1 Å². The second-order valence-electron chi connectivity index (χ2n) is 5.77. The van der Waals surface area contributed by atoms with Crippen molar-refractivity contribution in [1.29, 1.82) is 0 Å². The van der Waals surface area contributed by atoms with E-state index in [-0.39, 0.29) is 46.3 Å². The van der Waals surface area contributed by atoms with E-state index in [1.807, 2.05) is 54.6 Å². The van der Waals surface area contributed by atoms with Crippen molar-refractivity contribution in [3.05, 3.63) is 120 Å². The van der Waals surface area contributed by atoms with E-state index < -0.39 is 0 Å². The molecule has 4 aromatic rings. The maximum Gasteiger partial charge on any atom is 0.0636 e. The van der Waals surface area contributed by atoms with E-state index in [2.05, 4.69) is 53.8 Å². The Morgan fingerprint density at radius 3 is 1.61 bits per heavy atom. The van der Waals surface area contributed by atoms with E-state index in [4.69, 9.17) is 0 Å². The van der Waals surface area contributed by atoms with Crippen LogP contribution in [0.15, 0.2) is 84.9 Å². The number of aliphatic hydroxyl groups excluding tert-OH is 1. The maximum absolute atomic E-state index is 9.33. The average Bonchev–Trinajstić information content (AvgIpc) is 3.48. The van der Waals surface area contributed by atoms with Crippen LogP contribution in [0.5, 0.6) is 0 Å². The van der Waals surface area contributed by atoms with Gasteiger partial charge in [-0.25, -0.2) is 36.4 Å². The maximum atomic E-state index is 9.33. The minimum absolute atomic E-state index is 0. The molecule has 4 aromatic carbocycles. The molecule has 154 valence electrons. The van der Waals surface area contributed by atoms with E-state index in [1.54, 1.807) is 13.0 Å². The molecule has 1 atom stereocenters. The molecule has 28 heavy (non-hydrogen) atoms. The number of hydrogen-bond donors (Lipinski definition) is 2. The molecule has 0 aromatic heterocycles. The van der Waals surface area contributed by atoms with Gasteiger partial charge in [-0.05, 0) is 13.0 Å². The molecular weight excluding hydrogens is 430 g/mol. The van der Waals surface area contributed by atoms with E-state index in [0.717, 1.165) is 0 Å². The third-order valence-electron chi connectivity index (χ3n) is 3.57. The van der Waals surface area contributed by atoms with Crippen LogP contribution >= 0.6 is 0 Å². The van der Waals surface area contributed by atoms with Gasteiger partial charge in [0.05, 0.1) is 6.10 Å². The van der Waals surface area contributed by atoms with Crippen LogP contribution in [-0.2, 0) is 34.1 Å². The molecular formula is C24H23Fe2NO-8. The number of rotatable bonds is 5. The molecule has 0 heterocycles. The van der Waals surface area contributed by atoms with Crippen molar-refractivity contribution in [3.8, 4) is 0 Å².